The molecule has 2 aromatic rings. The fourth-order valence-electron chi connectivity index (χ4n) is 3.56. The number of amides is 1. The van der Waals surface area contributed by atoms with Crippen molar-refractivity contribution in [2.45, 2.75) is 39.8 Å². The van der Waals surface area contributed by atoms with Crippen LogP contribution in [0.3, 0.4) is 0 Å². The summed E-state index contributed by atoms with van der Waals surface area (Å²) >= 11 is 0. The molecule has 0 bridgehead atoms. The van der Waals surface area contributed by atoms with E-state index in [4.69, 9.17) is 0 Å². The first-order valence-electron chi connectivity index (χ1n) is 8.75. The minimum Gasteiger partial charge on any atom is -0.337 e. The smallest absolute Gasteiger partial charge is 0.253 e. The summed E-state index contributed by atoms with van der Waals surface area (Å²) in [5.74, 6) is 0.326. The lowest BCUT2D eigenvalue weighted by molar-refractivity contribution is 0.0784. The highest BCUT2D eigenvalue weighted by Gasteiger charge is 2.31. The molecule has 0 unspecified atom stereocenters. The number of aryl methyl sites for hydroxylation is 2. The maximum atomic E-state index is 12.7. The van der Waals surface area contributed by atoms with E-state index in [0.29, 0.717) is 18.5 Å². The molecule has 0 radical (unpaired) electrons. The lowest BCUT2D eigenvalue weighted by atomic mass is 10.1. The van der Waals surface area contributed by atoms with E-state index in [-0.39, 0.29) is 23.5 Å². The summed E-state index contributed by atoms with van der Waals surface area (Å²) in [7, 11) is -1.19. The summed E-state index contributed by atoms with van der Waals surface area (Å²) in [5.41, 5.74) is 4.48. The minimum atomic E-state index is -2.97. The molecule has 0 N–H and O–H groups in total. The highest BCUT2D eigenvalue weighted by molar-refractivity contribution is 7.91. The van der Waals surface area contributed by atoms with Crippen LogP contribution in [0.4, 0.5) is 0 Å². The number of benzene rings is 1. The molecule has 26 heavy (non-hydrogen) atoms. The Morgan fingerprint density at radius 1 is 1.31 bits per heavy atom. The SMILES string of the molecule is Cc1cccc(C(=O)N(C)Cc2c(C)nn([C@H]3CCS(=O)(=O)C3)c2C)c1. The van der Waals surface area contributed by atoms with Crippen molar-refractivity contribution in [3.8, 4) is 0 Å². The van der Waals surface area contributed by atoms with Crippen LogP contribution < -0.4 is 0 Å². The quantitative estimate of drug-likeness (QED) is 0.823. The van der Waals surface area contributed by atoms with Crippen molar-refractivity contribution in [2.75, 3.05) is 18.6 Å². The van der Waals surface area contributed by atoms with Gasteiger partial charge in [0.1, 0.15) is 0 Å². The lowest BCUT2D eigenvalue weighted by Crippen LogP contribution is -2.26. The number of rotatable bonds is 4. The van der Waals surface area contributed by atoms with E-state index < -0.39 is 9.84 Å². The van der Waals surface area contributed by atoms with Crippen LogP contribution >= 0.6 is 0 Å². The molecule has 1 saturated heterocycles. The van der Waals surface area contributed by atoms with E-state index in [1.54, 1.807) is 11.9 Å². The third-order valence-corrected chi connectivity index (χ3v) is 6.79. The monoisotopic (exact) mass is 375 g/mol. The summed E-state index contributed by atoms with van der Waals surface area (Å²) < 4.78 is 25.4. The largest absolute Gasteiger partial charge is 0.337 e. The highest BCUT2D eigenvalue weighted by Crippen LogP contribution is 2.27. The van der Waals surface area contributed by atoms with Gasteiger partial charge in [-0.2, -0.15) is 5.10 Å². The average Bonchev–Trinajstić information content (AvgIpc) is 3.07. The number of sulfone groups is 1. The van der Waals surface area contributed by atoms with Crippen molar-refractivity contribution < 1.29 is 13.2 Å². The van der Waals surface area contributed by atoms with E-state index in [1.807, 2.05) is 49.7 Å². The molecule has 7 heteroatoms. The van der Waals surface area contributed by atoms with Gasteiger partial charge in [0.05, 0.1) is 23.2 Å². The van der Waals surface area contributed by atoms with Gasteiger partial charge in [0, 0.05) is 30.4 Å². The molecule has 0 aliphatic carbocycles. The third-order valence-electron chi connectivity index (χ3n) is 5.04. The summed E-state index contributed by atoms with van der Waals surface area (Å²) in [6.45, 7) is 6.27. The van der Waals surface area contributed by atoms with Crippen molar-refractivity contribution in [2.24, 2.45) is 0 Å². The Morgan fingerprint density at radius 2 is 2.04 bits per heavy atom. The fraction of sp³-hybridized carbons (Fsp3) is 0.474. The standard InChI is InChI=1S/C19H25N3O3S/c1-13-6-5-7-16(10-13)19(23)21(4)11-18-14(2)20-22(15(18)3)17-8-9-26(24,25)12-17/h5-7,10,17H,8-9,11-12H2,1-4H3/t17-/m0/s1. The number of nitrogens with zero attached hydrogens (tertiary/aromatic N) is 3. The van der Waals surface area contributed by atoms with Crippen molar-refractivity contribution >= 4 is 15.7 Å². The highest BCUT2D eigenvalue weighted by atomic mass is 32.2. The first-order valence-corrected chi connectivity index (χ1v) is 10.6. The average molecular weight is 375 g/mol. The predicted molar refractivity (Wildman–Crippen MR) is 101 cm³/mol. The summed E-state index contributed by atoms with van der Waals surface area (Å²) in [6, 6.07) is 7.44. The van der Waals surface area contributed by atoms with Gasteiger partial charge in [-0.25, -0.2) is 8.42 Å². The number of carbonyl (C=O) groups is 1. The number of aromatic nitrogens is 2. The van der Waals surface area contributed by atoms with Gasteiger partial charge in [0.15, 0.2) is 9.84 Å². The van der Waals surface area contributed by atoms with E-state index in [1.165, 1.54) is 0 Å². The van der Waals surface area contributed by atoms with Gasteiger partial charge >= 0.3 is 0 Å². The van der Waals surface area contributed by atoms with Crippen molar-refractivity contribution in [3.63, 3.8) is 0 Å². The minimum absolute atomic E-state index is 0.0382. The summed E-state index contributed by atoms with van der Waals surface area (Å²) in [4.78, 5) is 14.4. The van der Waals surface area contributed by atoms with Crippen LogP contribution in [-0.4, -0.2) is 47.6 Å². The number of hydrogen-bond donors (Lipinski definition) is 0. The zero-order chi connectivity index (χ0) is 19.1. The Balaban J connectivity index is 1.81. The molecular formula is C19H25N3O3S. The van der Waals surface area contributed by atoms with Gasteiger partial charge in [-0.1, -0.05) is 17.7 Å². The molecule has 0 spiro atoms. The van der Waals surface area contributed by atoms with Gasteiger partial charge in [0.2, 0.25) is 0 Å². The molecule has 1 aromatic carbocycles. The molecule has 1 aliphatic heterocycles. The molecule has 3 rings (SSSR count). The number of carbonyl (C=O) groups excluding carboxylic acids is 1. The van der Waals surface area contributed by atoms with Gasteiger partial charge in [-0.05, 0) is 39.3 Å². The van der Waals surface area contributed by atoms with Gasteiger partial charge < -0.3 is 4.90 Å². The maximum Gasteiger partial charge on any atom is 0.253 e. The van der Waals surface area contributed by atoms with Crippen molar-refractivity contribution in [3.05, 3.63) is 52.3 Å². The molecular weight excluding hydrogens is 350 g/mol. The molecule has 1 aliphatic rings. The van der Waals surface area contributed by atoms with Crippen LogP contribution in [0.2, 0.25) is 0 Å². The van der Waals surface area contributed by atoms with E-state index in [0.717, 1.165) is 22.5 Å². The van der Waals surface area contributed by atoms with Crippen LogP contribution in [0.15, 0.2) is 24.3 Å². The summed E-state index contributed by atoms with van der Waals surface area (Å²) in [6.07, 6.45) is 0.599. The molecule has 6 nitrogen and oxygen atoms in total. The topological polar surface area (TPSA) is 72.3 Å². The maximum absolute atomic E-state index is 12.7. The van der Waals surface area contributed by atoms with Gasteiger partial charge in [0.25, 0.3) is 5.91 Å². The van der Waals surface area contributed by atoms with Crippen molar-refractivity contribution in [1.82, 2.24) is 14.7 Å². The molecule has 1 amide bonds. The summed E-state index contributed by atoms with van der Waals surface area (Å²) in [5, 5.41) is 4.57. The second kappa shape index (κ2) is 6.87. The fourth-order valence-corrected chi connectivity index (χ4v) is 5.25. The second-order valence-corrected chi connectivity index (χ2v) is 9.41. The van der Waals surface area contributed by atoms with E-state index in [2.05, 4.69) is 5.10 Å². The molecule has 140 valence electrons. The Kier molecular flexibility index (Phi) is 4.92. The number of hydrogen-bond acceptors (Lipinski definition) is 4. The Morgan fingerprint density at radius 3 is 2.65 bits per heavy atom. The normalized spacial score (nSPS) is 18.8. The molecule has 1 aromatic heterocycles. The second-order valence-electron chi connectivity index (χ2n) is 7.18. The van der Waals surface area contributed by atoms with Gasteiger partial charge in [-0.3, -0.25) is 9.48 Å². The molecule has 1 atom stereocenters. The zero-order valence-electron chi connectivity index (χ0n) is 15.7. The van der Waals surface area contributed by atoms with Crippen LogP contribution in [0.1, 0.15) is 45.3 Å². The predicted octanol–water partition coefficient (Wildman–Crippen LogP) is 2.44. The van der Waals surface area contributed by atoms with Gasteiger partial charge in [-0.15, -0.1) is 0 Å². The van der Waals surface area contributed by atoms with Crippen LogP contribution in [-0.2, 0) is 16.4 Å². The Hall–Kier alpha value is -2.15. The molecule has 2 heterocycles. The first-order chi connectivity index (χ1) is 12.2. The molecule has 0 saturated carbocycles. The Labute approximate surface area is 154 Å². The van der Waals surface area contributed by atoms with E-state index >= 15 is 0 Å². The Bertz CT molecular complexity index is 947. The van der Waals surface area contributed by atoms with Crippen LogP contribution in [0, 0.1) is 20.8 Å². The van der Waals surface area contributed by atoms with E-state index in [9.17, 15) is 13.2 Å². The first kappa shape index (κ1) is 18.6. The van der Waals surface area contributed by atoms with Crippen LogP contribution in [0.25, 0.3) is 0 Å². The third kappa shape index (κ3) is 3.67. The van der Waals surface area contributed by atoms with Crippen LogP contribution in [0.5, 0.6) is 0 Å². The molecule has 1 fully saturated rings. The zero-order valence-corrected chi connectivity index (χ0v) is 16.5. The van der Waals surface area contributed by atoms with Crippen molar-refractivity contribution in [1.29, 1.82) is 0 Å². The lowest BCUT2D eigenvalue weighted by Gasteiger charge is -2.18.